The van der Waals surface area contributed by atoms with Crippen LogP contribution in [-0.4, -0.2) is 49.7 Å². The average Bonchev–Trinajstić information content (AvgIpc) is 3.43. The molecule has 2 aliphatic heterocycles. The first-order valence-corrected chi connectivity index (χ1v) is 11.7. The molecule has 2 heterocycles. The largest absolute Gasteiger partial charge is 0.396 e. The molecule has 0 radical (unpaired) electrons. The Morgan fingerprint density at radius 2 is 1.50 bits per heavy atom. The average molecular weight is 393 g/mol. The fourth-order valence-corrected chi connectivity index (χ4v) is 8.95. The second-order valence-electron chi connectivity index (χ2n) is 10.8. The number of hydrogen-bond acceptors (Lipinski definition) is 5. The normalized spacial score (nSPS) is 51.2. The Bertz CT molecular complexity index is 624. The molecule has 0 unspecified atom stereocenters. The highest BCUT2D eigenvalue weighted by atomic mass is 16.7. The second kappa shape index (κ2) is 6.16. The predicted octanol–water partition coefficient (Wildman–Crippen LogP) is 3.49. The molecule has 5 heteroatoms. The van der Waals surface area contributed by atoms with Crippen LogP contribution in [-0.2, 0) is 18.9 Å². The lowest BCUT2D eigenvalue weighted by Crippen LogP contribution is -2.60. The number of fused-ring (bicyclic) bond motifs is 6. The molecular formula is C23H36O5. The zero-order valence-corrected chi connectivity index (χ0v) is 17.3. The van der Waals surface area contributed by atoms with E-state index in [4.69, 9.17) is 18.9 Å². The van der Waals surface area contributed by atoms with Gasteiger partial charge in [-0.2, -0.15) is 0 Å². The van der Waals surface area contributed by atoms with E-state index in [0.717, 1.165) is 52.1 Å². The third-order valence-electron chi connectivity index (χ3n) is 10.3. The van der Waals surface area contributed by atoms with Gasteiger partial charge in [-0.05, 0) is 67.6 Å². The molecule has 0 aromatic heterocycles. The standard InChI is InChI=1S/C23H36O5/c1-20-6-4-19-17(18(20)5-7-23(20)27-12-13-28-23)3-2-16-14-22(25-10-11-26-22)9-8-21(16,19)15-24/h16-19,24H,2-15H2,1H3/t16-,17-,18-,19-,20-,21+/m0/s1. The summed E-state index contributed by atoms with van der Waals surface area (Å²) in [5.41, 5.74) is 0.208. The highest BCUT2D eigenvalue weighted by Gasteiger charge is 2.68. The molecule has 4 saturated carbocycles. The van der Waals surface area contributed by atoms with Crippen molar-refractivity contribution in [1.29, 1.82) is 0 Å². The molecule has 0 aromatic rings. The van der Waals surface area contributed by atoms with E-state index in [1.165, 1.54) is 32.1 Å². The first kappa shape index (κ1) is 18.6. The van der Waals surface area contributed by atoms with Crippen molar-refractivity contribution >= 4 is 0 Å². The molecule has 6 fully saturated rings. The molecule has 0 amide bonds. The van der Waals surface area contributed by atoms with Crippen LogP contribution in [0.1, 0.15) is 64.7 Å². The Kier molecular flexibility index (Phi) is 4.09. The fourth-order valence-electron chi connectivity index (χ4n) is 8.95. The lowest BCUT2D eigenvalue weighted by atomic mass is 9.44. The van der Waals surface area contributed by atoms with Crippen LogP contribution in [0.5, 0.6) is 0 Å². The van der Waals surface area contributed by atoms with Crippen molar-refractivity contribution in [3.8, 4) is 0 Å². The number of hydrogen-bond donors (Lipinski definition) is 1. The van der Waals surface area contributed by atoms with Gasteiger partial charge in [-0.1, -0.05) is 6.92 Å². The Labute approximate surface area is 168 Å². The highest BCUT2D eigenvalue weighted by Crippen LogP contribution is 2.70. The van der Waals surface area contributed by atoms with Crippen LogP contribution < -0.4 is 0 Å². The number of rotatable bonds is 1. The van der Waals surface area contributed by atoms with Gasteiger partial charge in [-0.15, -0.1) is 0 Å². The Hall–Kier alpha value is -0.200. The molecular weight excluding hydrogens is 356 g/mol. The van der Waals surface area contributed by atoms with Crippen LogP contribution in [0.2, 0.25) is 0 Å². The van der Waals surface area contributed by atoms with Crippen molar-refractivity contribution in [2.45, 2.75) is 76.3 Å². The van der Waals surface area contributed by atoms with Crippen LogP contribution in [0, 0.1) is 34.5 Å². The Morgan fingerprint density at radius 3 is 2.25 bits per heavy atom. The smallest absolute Gasteiger partial charge is 0.174 e. The highest BCUT2D eigenvalue weighted by molar-refractivity contribution is 5.14. The van der Waals surface area contributed by atoms with Crippen LogP contribution in [0.25, 0.3) is 0 Å². The first-order valence-electron chi connectivity index (χ1n) is 11.7. The minimum atomic E-state index is -0.345. The van der Waals surface area contributed by atoms with E-state index < -0.39 is 0 Å². The van der Waals surface area contributed by atoms with Gasteiger partial charge in [0.15, 0.2) is 11.6 Å². The minimum absolute atomic E-state index is 0.0674. The summed E-state index contributed by atoms with van der Waals surface area (Å²) in [5.74, 6) is 1.86. The van der Waals surface area contributed by atoms with E-state index in [0.29, 0.717) is 30.3 Å². The SMILES string of the molecule is C[C@]12CC[C@H]3[C@@H](CC[C@H]4CC5(CC[C@@]43CO)OCCO5)[C@@H]1CCC21OCCO1. The van der Waals surface area contributed by atoms with Crippen molar-refractivity contribution < 1.29 is 24.1 Å². The predicted molar refractivity (Wildman–Crippen MR) is 102 cm³/mol. The first-order chi connectivity index (χ1) is 13.6. The van der Waals surface area contributed by atoms with E-state index >= 15 is 0 Å². The third kappa shape index (κ3) is 2.21. The van der Waals surface area contributed by atoms with Crippen LogP contribution in [0.3, 0.4) is 0 Å². The topological polar surface area (TPSA) is 57.2 Å². The van der Waals surface area contributed by atoms with Crippen molar-refractivity contribution in [2.75, 3.05) is 33.0 Å². The van der Waals surface area contributed by atoms with Gasteiger partial charge in [0.1, 0.15) is 0 Å². The Morgan fingerprint density at radius 1 is 0.786 bits per heavy atom. The molecule has 1 N–H and O–H groups in total. The van der Waals surface area contributed by atoms with Crippen LogP contribution >= 0.6 is 0 Å². The summed E-state index contributed by atoms with van der Waals surface area (Å²) in [5, 5.41) is 10.7. The summed E-state index contributed by atoms with van der Waals surface area (Å²) in [6, 6.07) is 0. The zero-order valence-electron chi connectivity index (χ0n) is 17.3. The summed E-state index contributed by atoms with van der Waals surface area (Å²) in [6.45, 7) is 5.74. The minimum Gasteiger partial charge on any atom is -0.396 e. The van der Waals surface area contributed by atoms with E-state index in [1.807, 2.05) is 0 Å². The van der Waals surface area contributed by atoms with Gasteiger partial charge in [0.05, 0.1) is 26.4 Å². The van der Waals surface area contributed by atoms with Gasteiger partial charge in [0.25, 0.3) is 0 Å². The number of ether oxygens (including phenoxy) is 4. The number of aliphatic hydroxyl groups excluding tert-OH is 1. The molecule has 6 atom stereocenters. The monoisotopic (exact) mass is 392 g/mol. The van der Waals surface area contributed by atoms with Gasteiger partial charge in [-0.25, -0.2) is 0 Å². The van der Waals surface area contributed by atoms with Gasteiger partial charge < -0.3 is 24.1 Å². The number of aliphatic hydroxyl groups is 1. The van der Waals surface area contributed by atoms with E-state index in [9.17, 15) is 5.11 Å². The summed E-state index contributed by atoms with van der Waals surface area (Å²) in [6.07, 6.45) is 10.1. The van der Waals surface area contributed by atoms with E-state index in [-0.39, 0.29) is 22.4 Å². The van der Waals surface area contributed by atoms with Crippen LogP contribution in [0.4, 0.5) is 0 Å². The molecule has 0 aromatic carbocycles. The molecule has 6 rings (SSSR count). The zero-order chi connectivity index (χ0) is 19.0. The molecule has 0 bridgehead atoms. The van der Waals surface area contributed by atoms with Gasteiger partial charge in [0.2, 0.25) is 0 Å². The molecule has 158 valence electrons. The molecule has 28 heavy (non-hydrogen) atoms. The summed E-state index contributed by atoms with van der Waals surface area (Å²) >= 11 is 0. The quantitative estimate of drug-likeness (QED) is 0.740. The molecule has 2 spiro atoms. The van der Waals surface area contributed by atoms with Crippen LogP contribution in [0.15, 0.2) is 0 Å². The van der Waals surface area contributed by atoms with E-state index in [1.54, 1.807) is 0 Å². The van der Waals surface area contributed by atoms with Crippen molar-refractivity contribution in [3.63, 3.8) is 0 Å². The van der Waals surface area contributed by atoms with Gasteiger partial charge in [-0.3, -0.25) is 0 Å². The second-order valence-corrected chi connectivity index (χ2v) is 10.8. The van der Waals surface area contributed by atoms with Gasteiger partial charge in [0, 0.05) is 31.3 Å². The fraction of sp³-hybridized carbons (Fsp3) is 1.00. The van der Waals surface area contributed by atoms with Crippen molar-refractivity contribution in [3.05, 3.63) is 0 Å². The summed E-state index contributed by atoms with van der Waals surface area (Å²) in [4.78, 5) is 0. The Balaban J connectivity index is 1.30. The molecule has 2 saturated heterocycles. The van der Waals surface area contributed by atoms with Crippen molar-refractivity contribution in [1.82, 2.24) is 0 Å². The lowest BCUT2D eigenvalue weighted by Gasteiger charge is -2.62. The lowest BCUT2D eigenvalue weighted by molar-refractivity contribution is -0.263. The third-order valence-corrected chi connectivity index (χ3v) is 10.3. The maximum Gasteiger partial charge on any atom is 0.174 e. The molecule has 6 aliphatic rings. The summed E-state index contributed by atoms with van der Waals surface area (Å²) < 4.78 is 24.7. The van der Waals surface area contributed by atoms with Gasteiger partial charge >= 0.3 is 0 Å². The maximum absolute atomic E-state index is 10.7. The summed E-state index contributed by atoms with van der Waals surface area (Å²) in [7, 11) is 0. The van der Waals surface area contributed by atoms with E-state index in [2.05, 4.69) is 6.92 Å². The molecule has 5 nitrogen and oxygen atoms in total. The van der Waals surface area contributed by atoms with Crippen molar-refractivity contribution in [2.24, 2.45) is 34.5 Å². The molecule has 4 aliphatic carbocycles. The maximum atomic E-state index is 10.7.